The smallest absolute Gasteiger partial charge is 0.416 e. The number of benzene rings is 4. The van der Waals surface area contributed by atoms with E-state index in [1.165, 1.54) is 12.1 Å². The number of hydrogen-bond acceptors (Lipinski definition) is 2. The molecule has 36 heavy (non-hydrogen) atoms. The Morgan fingerprint density at radius 2 is 1.42 bits per heavy atom. The first-order chi connectivity index (χ1) is 17.3. The molecule has 0 atom stereocenters. The van der Waals surface area contributed by atoms with Gasteiger partial charge < -0.3 is 10.4 Å². The molecule has 0 fully saturated rings. The fourth-order valence-electron chi connectivity index (χ4n) is 3.85. The molecule has 0 unspecified atom stereocenters. The van der Waals surface area contributed by atoms with E-state index in [4.69, 9.17) is 0 Å². The monoisotopic (exact) mass is 487 g/mol. The number of carbonyl (C=O) groups excluding carboxylic acids is 1. The standard InChI is InChI=1S/C30H24F3NO2/c31-30(32,33)25-15-10-22(11-16-25)19-29(36)34-20-24-6-2-4-8-28(24)27-7-3-1-5-23(27)14-9-21-12-17-26(35)18-13-21/h1-18,35H,19-20H2,(H,34,36). The molecule has 4 aromatic rings. The Labute approximate surface area is 207 Å². The second kappa shape index (κ2) is 11.0. The summed E-state index contributed by atoms with van der Waals surface area (Å²) in [6.07, 6.45) is -0.444. The van der Waals surface area contributed by atoms with Crippen LogP contribution in [0, 0.1) is 0 Å². The zero-order chi connectivity index (χ0) is 25.5. The first-order valence-corrected chi connectivity index (χ1v) is 11.4. The molecular weight excluding hydrogens is 463 g/mol. The highest BCUT2D eigenvalue weighted by Gasteiger charge is 2.29. The number of hydrogen-bond donors (Lipinski definition) is 2. The van der Waals surface area contributed by atoms with Crippen LogP contribution in [0.3, 0.4) is 0 Å². The molecule has 0 heterocycles. The highest BCUT2D eigenvalue weighted by atomic mass is 19.4. The van der Waals surface area contributed by atoms with Crippen molar-refractivity contribution >= 4 is 18.1 Å². The number of phenolic OH excluding ortho intramolecular Hbond substituents is 1. The Balaban J connectivity index is 1.48. The molecule has 1 amide bonds. The van der Waals surface area contributed by atoms with E-state index in [9.17, 15) is 23.1 Å². The summed E-state index contributed by atoms with van der Waals surface area (Å²) in [7, 11) is 0. The molecule has 3 nitrogen and oxygen atoms in total. The quantitative estimate of drug-likeness (QED) is 0.273. The number of halogens is 3. The van der Waals surface area contributed by atoms with Crippen molar-refractivity contribution in [3.63, 3.8) is 0 Å². The summed E-state index contributed by atoms with van der Waals surface area (Å²) < 4.78 is 38.3. The third kappa shape index (κ3) is 6.42. The van der Waals surface area contributed by atoms with Crippen LogP contribution in [0.15, 0.2) is 97.1 Å². The summed E-state index contributed by atoms with van der Waals surface area (Å²) in [6, 6.07) is 27.2. The van der Waals surface area contributed by atoms with Gasteiger partial charge in [-0.2, -0.15) is 13.2 Å². The summed E-state index contributed by atoms with van der Waals surface area (Å²) >= 11 is 0. The van der Waals surface area contributed by atoms with E-state index in [1.807, 2.05) is 72.8 Å². The fourth-order valence-corrected chi connectivity index (χ4v) is 3.85. The lowest BCUT2D eigenvalue weighted by atomic mass is 9.94. The molecule has 0 aliphatic rings. The summed E-state index contributed by atoms with van der Waals surface area (Å²) in [4.78, 5) is 12.5. The summed E-state index contributed by atoms with van der Waals surface area (Å²) in [5.41, 5.74) is 4.61. The van der Waals surface area contributed by atoms with Crippen molar-refractivity contribution in [2.24, 2.45) is 0 Å². The lowest BCUT2D eigenvalue weighted by Gasteiger charge is -2.13. The highest BCUT2D eigenvalue weighted by Crippen LogP contribution is 2.30. The van der Waals surface area contributed by atoms with E-state index < -0.39 is 11.7 Å². The molecular formula is C30H24F3NO2. The van der Waals surface area contributed by atoms with Gasteiger partial charge >= 0.3 is 6.18 Å². The van der Waals surface area contributed by atoms with Crippen molar-refractivity contribution in [3.05, 3.63) is 125 Å². The van der Waals surface area contributed by atoms with Gasteiger partial charge in [0.15, 0.2) is 0 Å². The minimum absolute atomic E-state index is 0.00768. The molecule has 0 saturated carbocycles. The van der Waals surface area contributed by atoms with Crippen LogP contribution in [-0.4, -0.2) is 11.0 Å². The molecule has 0 bridgehead atoms. The second-order valence-corrected chi connectivity index (χ2v) is 8.32. The summed E-state index contributed by atoms with van der Waals surface area (Å²) in [5, 5.41) is 12.4. The molecule has 182 valence electrons. The van der Waals surface area contributed by atoms with Crippen LogP contribution in [-0.2, 0) is 23.9 Å². The van der Waals surface area contributed by atoms with Crippen LogP contribution in [0.5, 0.6) is 5.75 Å². The van der Waals surface area contributed by atoms with Gasteiger partial charge in [-0.05, 0) is 57.6 Å². The normalized spacial score (nSPS) is 11.5. The Morgan fingerprint density at radius 1 is 0.778 bits per heavy atom. The van der Waals surface area contributed by atoms with Gasteiger partial charge in [0, 0.05) is 6.54 Å². The van der Waals surface area contributed by atoms with Gasteiger partial charge in [-0.15, -0.1) is 0 Å². The molecule has 2 N–H and O–H groups in total. The molecule has 0 aromatic heterocycles. The largest absolute Gasteiger partial charge is 0.508 e. The van der Waals surface area contributed by atoms with Crippen molar-refractivity contribution in [2.75, 3.05) is 0 Å². The number of aromatic hydroxyl groups is 1. The summed E-state index contributed by atoms with van der Waals surface area (Å²) in [5.74, 6) is -0.0630. The predicted octanol–water partition coefficient (Wildman–Crippen LogP) is 7.11. The molecule has 0 aliphatic heterocycles. The van der Waals surface area contributed by atoms with E-state index in [-0.39, 0.29) is 24.6 Å². The second-order valence-electron chi connectivity index (χ2n) is 8.32. The van der Waals surface area contributed by atoms with Crippen molar-refractivity contribution in [1.82, 2.24) is 5.32 Å². The minimum atomic E-state index is -4.40. The van der Waals surface area contributed by atoms with E-state index in [0.717, 1.165) is 39.9 Å². The fraction of sp³-hybridized carbons (Fsp3) is 0.100. The van der Waals surface area contributed by atoms with Gasteiger partial charge in [0.1, 0.15) is 5.75 Å². The van der Waals surface area contributed by atoms with Crippen molar-refractivity contribution < 1.29 is 23.1 Å². The highest BCUT2D eigenvalue weighted by molar-refractivity contribution is 5.83. The third-order valence-corrected chi connectivity index (χ3v) is 5.74. The maximum Gasteiger partial charge on any atom is 0.416 e. The van der Waals surface area contributed by atoms with Gasteiger partial charge in [0.25, 0.3) is 0 Å². The number of carbonyl (C=O) groups is 1. The van der Waals surface area contributed by atoms with Crippen LogP contribution in [0.1, 0.15) is 27.8 Å². The molecule has 0 aliphatic carbocycles. The SMILES string of the molecule is O=C(Cc1ccc(C(F)(F)F)cc1)NCc1ccccc1-c1ccccc1C=Cc1ccc(O)cc1. The minimum Gasteiger partial charge on any atom is -0.508 e. The molecule has 4 aromatic carbocycles. The Kier molecular flexibility index (Phi) is 7.54. The molecule has 0 saturated heterocycles. The lowest BCUT2D eigenvalue weighted by molar-refractivity contribution is -0.137. The van der Waals surface area contributed by atoms with Crippen LogP contribution in [0.4, 0.5) is 13.2 Å². The Morgan fingerprint density at radius 3 is 2.11 bits per heavy atom. The maximum absolute atomic E-state index is 12.8. The van der Waals surface area contributed by atoms with E-state index in [0.29, 0.717) is 5.56 Å². The van der Waals surface area contributed by atoms with Crippen molar-refractivity contribution in [2.45, 2.75) is 19.1 Å². The first-order valence-electron chi connectivity index (χ1n) is 11.4. The van der Waals surface area contributed by atoms with Gasteiger partial charge in [-0.1, -0.05) is 84.9 Å². The zero-order valence-electron chi connectivity index (χ0n) is 19.3. The van der Waals surface area contributed by atoms with E-state index in [1.54, 1.807) is 12.1 Å². The van der Waals surface area contributed by atoms with Crippen LogP contribution >= 0.6 is 0 Å². The average Bonchev–Trinajstić information content (AvgIpc) is 2.87. The molecule has 0 radical (unpaired) electrons. The predicted molar refractivity (Wildman–Crippen MR) is 136 cm³/mol. The number of nitrogens with one attached hydrogen (secondary N) is 1. The van der Waals surface area contributed by atoms with Crippen LogP contribution in [0.25, 0.3) is 23.3 Å². The van der Waals surface area contributed by atoms with Gasteiger partial charge in [-0.3, -0.25) is 4.79 Å². The summed E-state index contributed by atoms with van der Waals surface area (Å²) in [6.45, 7) is 0.283. The van der Waals surface area contributed by atoms with E-state index in [2.05, 4.69) is 5.32 Å². The number of rotatable bonds is 7. The number of amides is 1. The Bertz CT molecular complexity index is 1360. The van der Waals surface area contributed by atoms with Gasteiger partial charge in [0.2, 0.25) is 5.91 Å². The first kappa shape index (κ1) is 24.8. The lowest BCUT2D eigenvalue weighted by Crippen LogP contribution is -2.24. The van der Waals surface area contributed by atoms with Crippen molar-refractivity contribution in [1.29, 1.82) is 0 Å². The molecule has 0 spiro atoms. The Hall–Kier alpha value is -4.32. The topological polar surface area (TPSA) is 49.3 Å². The third-order valence-electron chi connectivity index (χ3n) is 5.74. The van der Waals surface area contributed by atoms with Crippen LogP contribution < -0.4 is 5.32 Å². The van der Waals surface area contributed by atoms with Crippen LogP contribution in [0.2, 0.25) is 0 Å². The van der Waals surface area contributed by atoms with Gasteiger partial charge in [-0.25, -0.2) is 0 Å². The molecule has 6 heteroatoms. The maximum atomic E-state index is 12.8. The van der Waals surface area contributed by atoms with Crippen molar-refractivity contribution in [3.8, 4) is 16.9 Å². The van der Waals surface area contributed by atoms with E-state index >= 15 is 0 Å². The average molecular weight is 488 g/mol. The molecule has 4 rings (SSSR count). The zero-order valence-corrected chi connectivity index (χ0v) is 19.3. The number of phenols is 1. The number of alkyl halides is 3. The van der Waals surface area contributed by atoms with Gasteiger partial charge in [0.05, 0.1) is 12.0 Å².